The first kappa shape index (κ1) is 17.5. The third-order valence-electron chi connectivity index (χ3n) is 5.13. The molecule has 0 radical (unpaired) electrons. The Morgan fingerprint density at radius 1 is 1.10 bits per heavy atom. The molecule has 2 aliphatic heterocycles. The second-order valence-electron chi connectivity index (χ2n) is 7.24. The Kier molecular flexibility index (Phi) is 4.08. The van der Waals surface area contributed by atoms with Crippen molar-refractivity contribution < 1.29 is 14.3 Å². The van der Waals surface area contributed by atoms with Gasteiger partial charge in [-0.1, -0.05) is 18.2 Å². The molecule has 0 fully saturated rings. The van der Waals surface area contributed by atoms with Gasteiger partial charge in [0.1, 0.15) is 17.3 Å². The molecule has 1 N–H and O–H groups in total. The fourth-order valence-corrected chi connectivity index (χ4v) is 3.86. The number of benzene rings is 2. The number of hydrogen-bond donors (Lipinski definition) is 1. The minimum atomic E-state index is -0.123. The van der Waals surface area contributed by atoms with E-state index < -0.39 is 0 Å². The SMILES string of the molecule is Cc1nc(Nc2ccc3c(c2)OCO3)cc(C(=O)N2c3ccccc3CC2C)n1. The molecule has 2 aromatic carbocycles. The van der Waals surface area contributed by atoms with Crippen LogP contribution < -0.4 is 19.7 Å². The van der Waals surface area contributed by atoms with Gasteiger partial charge in [0.25, 0.3) is 5.91 Å². The van der Waals surface area contributed by atoms with Crippen molar-refractivity contribution >= 4 is 23.1 Å². The topological polar surface area (TPSA) is 76.6 Å². The first-order valence-electron chi connectivity index (χ1n) is 9.52. The largest absolute Gasteiger partial charge is 0.454 e. The standard InChI is InChI=1S/C22H20N4O3/c1-13-9-15-5-3-4-6-18(15)26(13)22(27)17-11-21(24-14(2)23-17)25-16-7-8-19-20(10-16)29-12-28-19/h3-8,10-11,13H,9,12H2,1-2H3,(H,23,24,25). The van der Waals surface area contributed by atoms with Crippen LogP contribution in [0, 0.1) is 6.92 Å². The summed E-state index contributed by atoms with van der Waals surface area (Å²) in [5.41, 5.74) is 3.29. The van der Waals surface area contributed by atoms with E-state index in [4.69, 9.17) is 9.47 Å². The normalized spacial score (nSPS) is 16.6. The van der Waals surface area contributed by atoms with Crippen LogP contribution in [0.4, 0.5) is 17.2 Å². The zero-order valence-corrected chi connectivity index (χ0v) is 16.2. The molecule has 5 rings (SSSR count). The first-order valence-corrected chi connectivity index (χ1v) is 9.52. The van der Waals surface area contributed by atoms with E-state index >= 15 is 0 Å². The number of aromatic nitrogens is 2. The molecule has 2 aliphatic rings. The lowest BCUT2D eigenvalue weighted by Crippen LogP contribution is -2.36. The molecule has 3 aromatic rings. The summed E-state index contributed by atoms with van der Waals surface area (Å²) in [6.07, 6.45) is 0.842. The Bertz CT molecular complexity index is 1110. The molecule has 146 valence electrons. The summed E-state index contributed by atoms with van der Waals surface area (Å²) in [5.74, 6) is 2.35. The molecule has 1 unspecified atom stereocenters. The predicted molar refractivity (Wildman–Crippen MR) is 109 cm³/mol. The van der Waals surface area contributed by atoms with Crippen LogP contribution in [0.25, 0.3) is 0 Å². The highest BCUT2D eigenvalue weighted by Gasteiger charge is 2.32. The van der Waals surface area contributed by atoms with Crippen LogP contribution in [0.15, 0.2) is 48.5 Å². The molecule has 7 heteroatoms. The van der Waals surface area contributed by atoms with Gasteiger partial charge in [-0.2, -0.15) is 0 Å². The number of aryl methyl sites for hydroxylation is 1. The number of carbonyl (C=O) groups is 1. The fourth-order valence-electron chi connectivity index (χ4n) is 3.86. The molecule has 0 bridgehead atoms. The average Bonchev–Trinajstić information content (AvgIpc) is 3.29. The zero-order chi connectivity index (χ0) is 20.0. The van der Waals surface area contributed by atoms with Gasteiger partial charge in [0.15, 0.2) is 11.5 Å². The van der Waals surface area contributed by atoms with Crippen molar-refractivity contribution in [3.63, 3.8) is 0 Å². The molecule has 0 saturated carbocycles. The van der Waals surface area contributed by atoms with Gasteiger partial charge < -0.3 is 19.7 Å². The van der Waals surface area contributed by atoms with Crippen molar-refractivity contribution in [1.82, 2.24) is 9.97 Å². The van der Waals surface area contributed by atoms with Gasteiger partial charge in [-0.25, -0.2) is 9.97 Å². The molecule has 7 nitrogen and oxygen atoms in total. The molecular weight excluding hydrogens is 368 g/mol. The summed E-state index contributed by atoms with van der Waals surface area (Å²) in [6.45, 7) is 4.06. The Labute approximate surface area is 168 Å². The molecular formula is C22H20N4O3. The molecule has 3 heterocycles. The van der Waals surface area contributed by atoms with Crippen LogP contribution in [0.1, 0.15) is 28.8 Å². The van der Waals surface area contributed by atoms with Crippen molar-refractivity contribution in [1.29, 1.82) is 0 Å². The number of nitrogens with zero attached hydrogens (tertiary/aromatic N) is 3. The second-order valence-corrected chi connectivity index (χ2v) is 7.24. The molecule has 0 aliphatic carbocycles. The Hall–Kier alpha value is -3.61. The van der Waals surface area contributed by atoms with Gasteiger partial charge >= 0.3 is 0 Å². The summed E-state index contributed by atoms with van der Waals surface area (Å²) >= 11 is 0. The summed E-state index contributed by atoms with van der Waals surface area (Å²) in [5, 5.41) is 3.23. The number of anilines is 3. The van der Waals surface area contributed by atoms with Crippen molar-refractivity contribution in [2.24, 2.45) is 0 Å². The minimum Gasteiger partial charge on any atom is -0.454 e. The van der Waals surface area contributed by atoms with Gasteiger partial charge in [0.05, 0.1) is 0 Å². The maximum Gasteiger partial charge on any atom is 0.277 e. The first-order chi connectivity index (χ1) is 14.1. The molecule has 0 saturated heterocycles. The van der Waals surface area contributed by atoms with E-state index in [1.807, 2.05) is 41.3 Å². The highest BCUT2D eigenvalue weighted by atomic mass is 16.7. The highest BCUT2D eigenvalue weighted by Crippen LogP contribution is 2.35. The van der Waals surface area contributed by atoms with Gasteiger partial charge in [-0.3, -0.25) is 4.79 Å². The fraction of sp³-hybridized carbons (Fsp3) is 0.227. The lowest BCUT2D eigenvalue weighted by atomic mass is 10.1. The summed E-state index contributed by atoms with van der Waals surface area (Å²) < 4.78 is 10.8. The lowest BCUT2D eigenvalue weighted by Gasteiger charge is -2.22. The van der Waals surface area contributed by atoms with E-state index in [2.05, 4.69) is 28.3 Å². The van der Waals surface area contributed by atoms with E-state index in [1.54, 1.807) is 13.0 Å². The Morgan fingerprint density at radius 3 is 2.83 bits per heavy atom. The zero-order valence-electron chi connectivity index (χ0n) is 16.2. The quantitative estimate of drug-likeness (QED) is 0.734. The smallest absolute Gasteiger partial charge is 0.277 e. The number of rotatable bonds is 3. The van der Waals surface area contributed by atoms with E-state index in [0.29, 0.717) is 28.8 Å². The van der Waals surface area contributed by atoms with Crippen LogP contribution in [0.5, 0.6) is 11.5 Å². The van der Waals surface area contributed by atoms with Gasteiger partial charge in [-0.15, -0.1) is 0 Å². The molecule has 29 heavy (non-hydrogen) atoms. The number of hydrogen-bond acceptors (Lipinski definition) is 6. The predicted octanol–water partition coefficient (Wildman–Crippen LogP) is 3.85. The van der Waals surface area contributed by atoms with Gasteiger partial charge in [0.2, 0.25) is 6.79 Å². The van der Waals surface area contributed by atoms with Crippen molar-refractivity contribution in [2.75, 3.05) is 17.0 Å². The second kappa shape index (κ2) is 6.77. The average molecular weight is 388 g/mol. The number of amides is 1. The molecule has 1 amide bonds. The Balaban J connectivity index is 1.44. The number of ether oxygens (including phenoxy) is 2. The number of nitrogens with one attached hydrogen (secondary N) is 1. The van der Waals surface area contributed by atoms with Crippen LogP contribution in [0.3, 0.4) is 0 Å². The molecule has 1 atom stereocenters. The van der Waals surface area contributed by atoms with Crippen molar-refractivity contribution in [3.05, 3.63) is 65.6 Å². The van der Waals surface area contributed by atoms with Crippen LogP contribution in [-0.4, -0.2) is 28.7 Å². The van der Waals surface area contributed by atoms with Crippen LogP contribution in [-0.2, 0) is 6.42 Å². The van der Waals surface area contributed by atoms with E-state index in [1.165, 1.54) is 5.56 Å². The minimum absolute atomic E-state index is 0.0837. The molecule has 0 spiro atoms. The maximum atomic E-state index is 13.3. The lowest BCUT2D eigenvalue weighted by molar-refractivity contribution is 0.0976. The summed E-state index contributed by atoms with van der Waals surface area (Å²) in [4.78, 5) is 24.0. The number of carbonyl (C=O) groups excluding carboxylic acids is 1. The highest BCUT2D eigenvalue weighted by molar-refractivity contribution is 6.07. The number of fused-ring (bicyclic) bond motifs is 2. The van der Waals surface area contributed by atoms with E-state index in [9.17, 15) is 4.79 Å². The molecule has 1 aromatic heterocycles. The van der Waals surface area contributed by atoms with Crippen LogP contribution >= 0.6 is 0 Å². The van der Waals surface area contributed by atoms with Crippen molar-refractivity contribution in [2.45, 2.75) is 26.3 Å². The van der Waals surface area contributed by atoms with E-state index in [-0.39, 0.29) is 18.7 Å². The number of para-hydroxylation sites is 1. The third-order valence-corrected chi connectivity index (χ3v) is 5.13. The Morgan fingerprint density at radius 2 is 1.93 bits per heavy atom. The van der Waals surface area contributed by atoms with Crippen LogP contribution in [0.2, 0.25) is 0 Å². The summed E-state index contributed by atoms with van der Waals surface area (Å²) in [6, 6.07) is 15.3. The maximum absolute atomic E-state index is 13.3. The van der Waals surface area contributed by atoms with Gasteiger partial charge in [0, 0.05) is 29.5 Å². The third kappa shape index (κ3) is 3.14. The van der Waals surface area contributed by atoms with E-state index in [0.717, 1.165) is 17.8 Å². The summed E-state index contributed by atoms with van der Waals surface area (Å²) in [7, 11) is 0. The van der Waals surface area contributed by atoms with Gasteiger partial charge in [-0.05, 0) is 44.0 Å². The van der Waals surface area contributed by atoms with Crippen molar-refractivity contribution in [3.8, 4) is 11.5 Å². The monoisotopic (exact) mass is 388 g/mol.